The van der Waals surface area contributed by atoms with Crippen molar-refractivity contribution in [2.45, 2.75) is 12.8 Å². The molecule has 2 aromatic carbocycles. The number of amides is 1. The van der Waals surface area contributed by atoms with Crippen molar-refractivity contribution < 1.29 is 9.18 Å². The number of hydrogen-bond donors (Lipinski definition) is 2. The zero-order valence-corrected chi connectivity index (χ0v) is 14.6. The molecule has 4 nitrogen and oxygen atoms in total. The molecule has 0 spiro atoms. The molecule has 132 valence electrons. The van der Waals surface area contributed by atoms with E-state index in [0.717, 1.165) is 5.56 Å². The fourth-order valence-electron chi connectivity index (χ4n) is 2.39. The van der Waals surface area contributed by atoms with Gasteiger partial charge < -0.3 is 10.6 Å². The fraction of sp³-hybridized carbons (Fsp3) is 0.100. The number of carbonyl (C=O) groups excluding carboxylic acids is 1. The molecule has 0 aliphatic rings. The van der Waals surface area contributed by atoms with E-state index in [1.165, 1.54) is 12.1 Å². The van der Waals surface area contributed by atoms with E-state index < -0.39 is 5.82 Å². The Morgan fingerprint density at radius 1 is 1.04 bits per heavy atom. The molecule has 3 rings (SSSR count). The van der Waals surface area contributed by atoms with Gasteiger partial charge in [-0.1, -0.05) is 41.9 Å². The average molecular weight is 370 g/mol. The van der Waals surface area contributed by atoms with E-state index in [4.69, 9.17) is 11.6 Å². The Bertz CT molecular complexity index is 885. The summed E-state index contributed by atoms with van der Waals surface area (Å²) < 4.78 is 13.2. The van der Waals surface area contributed by atoms with Gasteiger partial charge in [0, 0.05) is 12.1 Å². The molecule has 0 bridgehead atoms. The molecule has 0 saturated heterocycles. The Hall–Kier alpha value is -2.92. The molecule has 6 heteroatoms. The van der Waals surface area contributed by atoms with E-state index in [9.17, 15) is 9.18 Å². The molecule has 0 aliphatic carbocycles. The van der Waals surface area contributed by atoms with E-state index in [1.807, 2.05) is 30.3 Å². The molecule has 3 aromatic rings. The molecule has 26 heavy (non-hydrogen) atoms. The van der Waals surface area contributed by atoms with E-state index in [2.05, 4.69) is 15.6 Å². The lowest BCUT2D eigenvalue weighted by Crippen LogP contribution is -2.12. The number of benzene rings is 2. The molecule has 2 N–H and O–H groups in total. The highest BCUT2D eigenvalue weighted by molar-refractivity contribution is 6.31. The van der Waals surface area contributed by atoms with Gasteiger partial charge in [-0.3, -0.25) is 4.79 Å². The van der Waals surface area contributed by atoms with Gasteiger partial charge in [-0.25, -0.2) is 9.37 Å². The molecular formula is C20H17ClFN3O. The molecule has 0 fully saturated rings. The second kappa shape index (κ2) is 8.45. The van der Waals surface area contributed by atoms with Crippen molar-refractivity contribution in [1.82, 2.24) is 4.98 Å². The summed E-state index contributed by atoms with van der Waals surface area (Å²) in [5.74, 6) is 0.0235. The summed E-state index contributed by atoms with van der Waals surface area (Å²) in [7, 11) is 0. The number of pyridine rings is 1. The summed E-state index contributed by atoms with van der Waals surface area (Å²) in [6.07, 6.45) is 2.65. The van der Waals surface area contributed by atoms with E-state index in [-0.39, 0.29) is 10.9 Å². The monoisotopic (exact) mass is 369 g/mol. The smallest absolute Gasteiger partial charge is 0.224 e. The third-order valence-electron chi connectivity index (χ3n) is 3.72. The Kier molecular flexibility index (Phi) is 5.81. The van der Waals surface area contributed by atoms with Crippen LogP contribution in [0.5, 0.6) is 0 Å². The average Bonchev–Trinajstić information content (AvgIpc) is 2.65. The summed E-state index contributed by atoms with van der Waals surface area (Å²) in [5, 5.41) is 5.88. The minimum atomic E-state index is -0.473. The van der Waals surface area contributed by atoms with Crippen molar-refractivity contribution in [1.29, 1.82) is 0 Å². The van der Waals surface area contributed by atoms with Crippen LogP contribution in [0.4, 0.5) is 21.6 Å². The van der Waals surface area contributed by atoms with Crippen LogP contribution in [0.2, 0.25) is 5.02 Å². The van der Waals surface area contributed by atoms with Gasteiger partial charge in [0.2, 0.25) is 5.91 Å². The van der Waals surface area contributed by atoms with E-state index in [1.54, 1.807) is 24.4 Å². The first-order valence-corrected chi connectivity index (χ1v) is 8.50. The molecule has 0 aliphatic heterocycles. The summed E-state index contributed by atoms with van der Waals surface area (Å²) in [6, 6.07) is 17.7. The topological polar surface area (TPSA) is 54.0 Å². The highest BCUT2D eigenvalue weighted by Gasteiger charge is 2.05. The Morgan fingerprint density at radius 2 is 1.81 bits per heavy atom. The third-order valence-corrected chi connectivity index (χ3v) is 4.01. The van der Waals surface area contributed by atoms with Crippen LogP contribution >= 0.6 is 11.6 Å². The van der Waals surface area contributed by atoms with Crippen LogP contribution in [0.1, 0.15) is 12.0 Å². The van der Waals surface area contributed by atoms with Crippen molar-refractivity contribution in [3.05, 3.63) is 83.3 Å². The third kappa shape index (κ3) is 5.04. The molecule has 1 amide bonds. The fourth-order valence-corrected chi connectivity index (χ4v) is 2.57. The summed E-state index contributed by atoms with van der Waals surface area (Å²) in [4.78, 5) is 16.3. The minimum Gasteiger partial charge on any atom is -0.340 e. The van der Waals surface area contributed by atoms with Gasteiger partial charge in [-0.2, -0.15) is 0 Å². The van der Waals surface area contributed by atoms with E-state index in [0.29, 0.717) is 30.0 Å². The second-order valence-corrected chi connectivity index (χ2v) is 6.13. The quantitative estimate of drug-likeness (QED) is 0.628. The number of aryl methyl sites for hydroxylation is 1. The van der Waals surface area contributed by atoms with Crippen molar-refractivity contribution in [2.24, 2.45) is 0 Å². The number of rotatable bonds is 6. The summed E-state index contributed by atoms with van der Waals surface area (Å²) >= 11 is 5.75. The lowest BCUT2D eigenvalue weighted by molar-refractivity contribution is -0.116. The van der Waals surface area contributed by atoms with Gasteiger partial charge in [0.1, 0.15) is 11.6 Å². The predicted octanol–water partition coefficient (Wildman–Crippen LogP) is 5.19. The first-order chi connectivity index (χ1) is 12.6. The lowest BCUT2D eigenvalue weighted by Gasteiger charge is -2.08. The normalized spacial score (nSPS) is 10.4. The van der Waals surface area contributed by atoms with Crippen molar-refractivity contribution in [3.63, 3.8) is 0 Å². The van der Waals surface area contributed by atoms with Gasteiger partial charge in [0.15, 0.2) is 0 Å². The maximum absolute atomic E-state index is 13.2. The molecule has 0 saturated carbocycles. The minimum absolute atomic E-state index is 0.0392. The Balaban J connectivity index is 1.53. The predicted molar refractivity (Wildman–Crippen MR) is 102 cm³/mol. The largest absolute Gasteiger partial charge is 0.340 e. The zero-order chi connectivity index (χ0) is 18.4. The van der Waals surface area contributed by atoms with E-state index >= 15 is 0 Å². The number of halogens is 2. The van der Waals surface area contributed by atoms with Gasteiger partial charge in [-0.05, 0) is 42.3 Å². The Morgan fingerprint density at radius 3 is 2.50 bits per heavy atom. The van der Waals surface area contributed by atoms with Gasteiger partial charge >= 0.3 is 0 Å². The molecule has 1 aromatic heterocycles. The number of nitrogens with one attached hydrogen (secondary N) is 2. The highest BCUT2D eigenvalue weighted by atomic mass is 35.5. The van der Waals surface area contributed by atoms with Crippen molar-refractivity contribution in [2.75, 3.05) is 10.6 Å². The maximum atomic E-state index is 13.2. The number of anilines is 3. The van der Waals surface area contributed by atoms with Crippen LogP contribution in [0.15, 0.2) is 66.9 Å². The second-order valence-electron chi connectivity index (χ2n) is 5.72. The molecular weight excluding hydrogens is 353 g/mol. The van der Waals surface area contributed by atoms with Gasteiger partial charge in [-0.15, -0.1) is 0 Å². The summed E-state index contributed by atoms with van der Waals surface area (Å²) in [5.41, 5.74) is 2.37. The van der Waals surface area contributed by atoms with Gasteiger partial charge in [0.25, 0.3) is 0 Å². The van der Waals surface area contributed by atoms with Crippen LogP contribution in [0, 0.1) is 5.82 Å². The number of hydrogen-bond acceptors (Lipinski definition) is 3. The number of aromatic nitrogens is 1. The van der Waals surface area contributed by atoms with Crippen LogP contribution < -0.4 is 10.6 Å². The molecule has 0 unspecified atom stereocenters. The van der Waals surface area contributed by atoms with Crippen LogP contribution in [-0.2, 0) is 11.2 Å². The maximum Gasteiger partial charge on any atom is 0.224 e. The standard InChI is InChI=1S/C20H17ClFN3O/c21-17-12-15(7-9-18(17)22)24-19-10-8-16(13-23-19)25-20(26)11-6-14-4-2-1-3-5-14/h1-5,7-10,12-13H,6,11H2,(H,23,24)(H,25,26). The number of carbonyl (C=O) groups is 1. The van der Waals surface area contributed by atoms with Crippen LogP contribution in [-0.4, -0.2) is 10.9 Å². The van der Waals surface area contributed by atoms with Crippen molar-refractivity contribution >= 4 is 34.7 Å². The SMILES string of the molecule is O=C(CCc1ccccc1)Nc1ccc(Nc2ccc(F)c(Cl)c2)nc1. The summed E-state index contributed by atoms with van der Waals surface area (Å²) in [6.45, 7) is 0. The molecule has 0 atom stereocenters. The first-order valence-electron chi connectivity index (χ1n) is 8.12. The lowest BCUT2D eigenvalue weighted by atomic mass is 10.1. The van der Waals surface area contributed by atoms with Crippen LogP contribution in [0.25, 0.3) is 0 Å². The van der Waals surface area contributed by atoms with Crippen LogP contribution in [0.3, 0.4) is 0 Å². The van der Waals surface area contributed by atoms with Crippen molar-refractivity contribution in [3.8, 4) is 0 Å². The Labute approximate surface area is 156 Å². The zero-order valence-electron chi connectivity index (χ0n) is 13.9. The highest BCUT2D eigenvalue weighted by Crippen LogP contribution is 2.22. The molecule has 1 heterocycles. The molecule has 0 radical (unpaired) electrons. The van der Waals surface area contributed by atoms with Gasteiger partial charge in [0.05, 0.1) is 16.9 Å². The first kappa shape index (κ1) is 17.9. The number of nitrogens with zero attached hydrogens (tertiary/aromatic N) is 1.